The summed E-state index contributed by atoms with van der Waals surface area (Å²) >= 11 is 0. The predicted molar refractivity (Wildman–Crippen MR) is 58.8 cm³/mol. The Morgan fingerprint density at radius 2 is 2.33 bits per heavy atom. The molecule has 84 valence electrons. The second kappa shape index (κ2) is 6.37. The van der Waals surface area contributed by atoms with Crippen LogP contribution < -0.4 is 10.1 Å². The van der Waals surface area contributed by atoms with E-state index in [4.69, 9.17) is 9.84 Å². The minimum absolute atomic E-state index is 0.122. The van der Waals surface area contributed by atoms with Crippen LogP contribution in [0.2, 0.25) is 0 Å². The fourth-order valence-corrected chi connectivity index (χ4v) is 1.19. The van der Waals surface area contributed by atoms with E-state index in [1.165, 1.54) is 0 Å². The van der Waals surface area contributed by atoms with Gasteiger partial charge in [-0.25, -0.2) is 4.98 Å². The molecule has 2 N–H and O–H groups in total. The number of nitrogens with one attached hydrogen (secondary N) is 1. The number of ether oxygens (including phenoxy) is 1. The van der Waals surface area contributed by atoms with Crippen LogP contribution in [0, 0.1) is 0 Å². The lowest BCUT2D eigenvalue weighted by Crippen LogP contribution is -2.19. The van der Waals surface area contributed by atoms with Gasteiger partial charge in [-0.15, -0.1) is 0 Å². The number of aromatic nitrogens is 1. The summed E-state index contributed by atoms with van der Waals surface area (Å²) in [5, 5.41) is 11.7. The Bertz CT molecular complexity index is 290. The Morgan fingerprint density at radius 3 is 3.00 bits per heavy atom. The van der Waals surface area contributed by atoms with Gasteiger partial charge in [0, 0.05) is 24.8 Å². The summed E-state index contributed by atoms with van der Waals surface area (Å²) in [6, 6.07) is 3.85. The third-order valence-corrected chi connectivity index (χ3v) is 1.80. The molecular formula is C11H18N2O2. The van der Waals surface area contributed by atoms with Gasteiger partial charge >= 0.3 is 0 Å². The molecule has 4 nitrogen and oxygen atoms in total. The highest BCUT2D eigenvalue weighted by molar-refractivity contribution is 5.25. The maximum Gasteiger partial charge on any atom is 0.218 e. The van der Waals surface area contributed by atoms with Gasteiger partial charge in [-0.1, -0.05) is 6.07 Å². The van der Waals surface area contributed by atoms with E-state index in [0.717, 1.165) is 5.56 Å². The van der Waals surface area contributed by atoms with Gasteiger partial charge in [0.15, 0.2) is 0 Å². The lowest BCUT2D eigenvalue weighted by molar-refractivity contribution is 0.229. The van der Waals surface area contributed by atoms with E-state index in [1.807, 2.05) is 26.0 Å². The van der Waals surface area contributed by atoms with Crippen LogP contribution in [0.15, 0.2) is 18.3 Å². The first-order valence-corrected chi connectivity index (χ1v) is 5.16. The molecule has 0 fully saturated rings. The minimum atomic E-state index is 0.122. The zero-order valence-electron chi connectivity index (χ0n) is 9.23. The first-order chi connectivity index (χ1) is 7.24. The molecule has 0 saturated carbocycles. The molecule has 0 aromatic carbocycles. The highest BCUT2D eigenvalue weighted by atomic mass is 16.5. The zero-order valence-corrected chi connectivity index (χ0v) is 9.23. The van der Waals surface area contributed by atoms with Crippen molar-refractivity contribution >= 4 is 0 Å². The van der Waals surface area contributed by atoms with Gasteiger partial charge < -0.3 is 15.2 Å². The van der Waals surface area contributed by atoms with E-state index < -0.39 is 0 Å². The summed E-state index contributed by atoms with van der Waals surface area (Å²) in [4.78, 5) is 4.17. The molecule has 1 aromatic rings. The first-order valence-electron chi connectivity index (χ1n) is 5.16. The summed E-state index contributed by atoms with van der Waals surface area (Å²) in [6.45, 7) is 5.33. The molecule has 15 heavy (non-hydrogen) atoms. The van der Waals surface area contributed by atoms with Crippen molar-refractivity contribution in [1.29, 1.82) is 0 Å². The fraction of sp³-hybridized carbons (Fsp3) is 0.545. The van der Waals surface area contributed by atoms with E-state index in [0.29, 0.717) is 19.0 Å². The second-order valence-electron chi connectivity index (χ2n) is 3.53. The first kappa shape index (κ1) is 11.9. The third-order valence-electron chi connectivity index (χ3n) is 1.80. The van der Waals surface area contributed by atoms with E-state index in [1.54, 1.807) is 6.20 Å². The maximum atomic E-state index is 8.65. The molecule has 0 spiro atoms. The van der Waals surface area contributed by atoms with Gasteiger partial charge in [0.25, 0.3) is 0 Å². The van der Waals surface area contributed by atoms with Gasteiger partial charge in [0.1, 0.15) is 0 Å². The van der Waals surface area contributed by atoms with Crippen LogP contribution >= 0.6 is 0 Å². The molecule has 0 radical (unpaired) electrons. The van der Waals surface area contributed by atoms with Gasteiger partial charge in [-0.05, 0) is 19.9 Å². The van der Waals surface area contributed by atoms with Gasteiger partial charge in [-0.2, -0.15) is 0 Å². The van der Waals surface area contributed by atoms with Crippen LogP contribution in [0.5, 0.6) is 5.88 Å². The molecule has 0 unspecified atom stereocenters. The Morgan fingerprint density at radius 1 is 1.53 bits per heavy atom. The monoisotopic (exact) mass is 210 g/mol. The van der Waals surface area contributed by atoms with E-state index in [2.05, 4.69) is 10.3 Å². The molecule has 0 aliphatic rings. The number of nitrogens with zero attached hydrogens (tertiary/aromatic N) is 1. The predicted octanol–water partition coefficient (Wildman–Crippen LogP) is 0.951. The number of aliphatic hydroxyl groups excluding tert-OH is 1. The third kappa shape index (κ3) is 4.27. The number of hydrogen-bond acceptors (Lipinski definition) is 4. The van der Waals surface area contributed by atoms with Crippen LogP contribution in [0.3, 0.4) is 0 Å². The lowest BCUT2D eigenvalue weighted by Gasteiger charge is -2.12. The Hall–Kier alpha value is -1.13. The van der Waals surface area contributed by atoms with Crippen molar-refractivity contribution in [2.45, 2.75) is 26.5 Å². The smallest absolute Gasteiger partial charge is 0.218 e. The lowest BCUT2D eigenvalue weighted by atomic mass is 10.2. The van der Waals surface area contributed by atoms with Crippen LogP contribution in [0.1, 0.15) is 19.4 Å². The molecule has 0 aliphatic carbocycles. The molecular weight excluding hydrogens is 192 g/mol. The number of rotatable bonds is 6. The Balaban J connectivity index is 2.60. The van der Waals surface area contributed by atoms with Crippen molar-refractivity contribution in [3.8, 4) is 5.88 Å². The summed E-state index contributed by atoms with van der Waals surface area (Å²) in [7, 11) is 0. The highest BCUT2D eigenvalue weighted by Gasteiger charge is 2.05. The van der Waals surface area contributed by atoms with Crippen molar-refractivity contribution in [2.24, 2.45) is 0 Å². The van der Waals surface area contributed by atoms with E-state index in [-0.39, 0.29) is 12.7 Å². The average Bonchev–Trinajstić information content (AvgIpc) is 2.20. The maximum absolute atomic E-state index is 8.65. The summed E-state index contributed by atoms with van der Waals surface area (Å²) in [5.74, 6) is 0.665. The highest BCUT2D eigenvalue weighted by Crippen LogP contribution is 2.15. The topological polar surface area (TPSA) is 54.4 Å². The van der Waals surface area contributed by atoms with Crippen molar-refractivity contribution < 1.29 is 9.84 Å². The normalized spacial score (nSPS) is 10.7. The van der Waals surface area contributed by atoms with Crippen LogP contribution in [-0.2, 0) is 6.54 Å². The fourth-order valence-electron chi connectivity index (χ4n) is 1.19. The van der Waals surface area contributed by atoms with E-state index >= 15 is 0 Å². The summed E-state index contributed by atoms with van der Waals surface area (Å²) in [5.41, 5.74) is 1.01. The molecule has 0 amide bonds. The molecule has 1 rings (SSSR count). The van der Waals surface area contributed by atoms with Gasteiger partial charge in [-0.3, -0.25) is 0 Å². The number of aliphatic hydroxyl groups is 1. The summed E-state index contributed by atoms with van der Waals surface area (Å²) in [6.07, 6.45) is 1.84. The van der Waals surface area contributed by atoms with Crippen molar-refractivity contribution in [1.82, 2.24) is 10.3 Å². The number of hydrogen-bond donors (Lipinski definition) is 2. The molecule has 1 aromatic heterocycles. The van der Waals surface area contributed by atoms with Gasteiger partial charge in [0.05, 0.1) is 12.7 Å². The minimum Gasteiger partial charge on any atom is -0.475 e. The molecule has 0 saturated heterocycles. The Labute approximate surface area is 90.3 Å². The quantitative estimate of drug-likeness (QED) is 0.686. The molecule has 1 heterocycles. The SMILES string of the molecule is CC(C)Oc1ncccc1CNCCO. The average molecular weight is 210 g/mol. The summed E-state index contributed by atoms with van der Waals surface area (Å²) < 4.78 is 5.56. The van der Waals surface area contributed by atoms with Crippen molar-refractivity contribution in [2.75, 3.05) is 13.2 Å². The largest absolute Gasteiger partial charge is 0.475 e. The molecule has 0 bridgehead atoms. The second-order valence-corrected chi connectivity index (χ2v) is 3.53. The van der Waals surface area contributed by atoms with Crippen LogP contribution in [0.4, 0.5) is 0 Å². The van der Waals surface area contributed by atoms with Crippen LogP contribution in [0.25, 0.3) is 0 Å². The standard InChI is InChI=1S/C11H18N2O2/c1-9(2)15-11-10(4-3-5-13-11)8-12-6-7-14/h3-5,9,12,14H,6-8H2,1-2H3. The van der Waals surface area contributed by atoms with Crippen molar-refractivity contribution in [3.05, 3.63) is 23.9 Å². The molecule has 0 aliphatic heterocycles. The van der Waals surface area contributed by atoms with Crippen LogP contribution in [-0.4, -0.2) is 29.3 Å². The number of pyridine rings is 1. The van der Waals surface area contributed by atoms with Gasteiger partial charge in [0.2, 0.25) is 5.88 Å². The molecule has 0 atom stereocenters. The zero-order chi connectivity index (χ0) is 11.1. The van der Waals surface area contributed by atoms with Crippen molar-refractivity contribution in [3.63, 3.8) is 0 Å². The molecule has 4 heteroatoms. The van der Waals surface area contributed by atoms with E-state index in [9.17, 15) is 0 Å². The Kier molecular flexibility index (Phi) is 5.07.